The van der Waals surface area contributed by atoms with E-state index in [1.165, 1.54) is 24.3 Å². The Bertz CT molecular complexity index is 900. The van der Waals surface area contributed by atoms with Crippen molar-refractivity contribution in [2.45, 2.75) is 0 Å². The molecule has 0 atom stereocenters. The molecule has 0 saturated carbocycles. The molecule has 0 fully saturated rings. The molecule has 1 heterocycles. The van der Waals surface area contributed by atoms with E-state index in [1.54, 1.807) is 18.2 Å². The largest absolute Gasteiger partial charge is 0.486 e. The van der Waals surface area contributed by atoms with E-state index < -0.39 is 24.3 Å². The summed E-state index contributed by atoms with van der Waals surface area (Å²) in [6.07, 6.45) is 2.70. The summed E-state index contributed by atoms with van der Waals surface area (Å²) in [7, 11) is 0. The number of fused-ring (bicyclic) bond motifs is 1. The van der Waals surface area contributed by atoms with Gasteiger partial charge in [-0.25, -0.2) is 9.18 Å². The van der Waals surface area contributed by atoms with Crippen LogP contribution in [0.15, 0.2) is 42.5 Å². The van der Waals surface area contributed by atoms with Gasteiger partial charge in [-0.05, 0) is 42.0 Å². The lowest BCUT2D eigenvalue weighted by molar-refractivity contribution is -0.142. The van der Waals surface area contributed by atoms with Crippen LogP contribution in [0, 0.1) is 5.82 Å². The number of carbonyl (C=O) groups is 2. The van der Waals surface area contributed by atoms with Crippen LogP contribution in [-0.2, 0) is 14.3 Å². The fourth-order valence-corrected chi connectivity index (χ4v) is 2.46. The molecule has 1 amide bonds. The third-order valence-corrected chi connectivity index (χ3v) is 3.76. The highest BCUT2D eigenvalue weighted by Gasteiger charge is 2.12. The van der Waals surface area contributed by atoms with Gasteiger partial charge in [0.15, 0.2) is 18.1 Å². The highest BCUT2D eigenvalue weighted by Crippen LogP contribution is 2.31. The van der Waals surface area contributed by atoms with E-state index in [9.17, 15) is 14.0 Å². The van der Waals surface area contributed by atoms with E-state index in [0.29, 0.717) is 30.3 Å². The third kappa shape index (κ3) is 5.21. The van der Waals surface area contributed by atoms with Gasteiger partial charge in [-0.3, -0.25) is 4.79 Å². The Kier molecular flexibility index (Phi) is 5.93. The topological polar surface area (TPSA) is 73.9 Å². The number of hydrogen-bond acceptors (Lipinski definition) is 5. The van der Waals surface area contributed by atoms with Crippen LogP contribution in [0.1, 0.15) is 5.56 Å². The maximum atomic E-state index is 13.5. The van der Waals surface area contributed by atoms with E-state index in [0.717, 1.165) is 6.07 Å². The molecule has 2 aromatic carbocycles. The number of anilines is 1. The van der Waals surface area contributed by atoms with Crippen LogP contribution in [-0.4, -0.2) is 31.7 Å². The summed E-state index contributed by atoms with van der Waals surface area (Å²) in [6.45, 7) is 0.399. The quantitative estimate of drug-likeness (QED) is 0.624. The van der Waals surface area contributed by atoms with Gasteiger partial charge >= 0.3 is 5.97 Å². The normalized spacial score (nSPS) is 12.7. The molecule has 0 saturated heterocycles. The maximum Gasteiger partial charge on any atom is 0.331 e. The molecule has 2 aromatic rings. The van der Waals surface area contributed by atoms with Crippen molar-refractivity contribution in [1.29, 1.82) is 0 Å². The first-order chi connectivity index (χ1) is 13.0. The van der Waals surface area contributed by atoms with Crippen molar-refractivity contribution in [1.82, 2.24) is 0 Å². The van der Waals surface area contributed by atoms with Gasteiger partial charge < -0.3 is 19.5 Å². The van der Waals surface area contributed by atoms with Crippen LogP contribution in [0.4, 0.5) is 10.1 Å². The first kappa shape index (κ1) is 18.7. The van der Waals surface area contributed by atoms with Gasteiger partial charge in [-0.2, -0.15) is 0 Å². The monoisotopic (exact) mass is 391 g/mol. The van der Waals surface area contributed by atoms with Crippen LogP contribution in [0.25, 0.3) is 6.08 Å². The molecular formula is C19H15ClFNO5. The van der Waals surface area contributed by atoms with Gasteiger partial charge in [0.2, 0.25) is 0 Å². The zero-order chi connectivity index (χ0) is 19.2. The maximum absolute atomic E-state index is 13.5. The number of amides is 1. The summed E-state index contributed by atoms with van der Waals surface area (Å²) in [5.74, 6) is -0.799. The van der Waals surface area contributed by atoms with E-state index in [2.05, 4.69) is 5.32 Å². The smallest absolute Gasteiger partial charge is 0.331 e. The zero-order valence-corrected chi connectivity index (χ0v) is 14.8. The molecule has 0 radical (unpaired) electrons. The second kappa shape index (κ2) is 8.55. The van der Waals surface area contributed by atoms with Gasteiger partial charge in [-0.1, -0.05) is 17.7 Å². The van der Waals surface area contributed by atoms with Gasteiger partial charge in [0.05, 0.1) is 5.69 Å². The number of benzene rings is 2. The molecule has 1 N–H and O–H groups in total. The number of hydrogen-bond donors (Lipinski definition) is 1. The van der Waals surface area contributed by atoms with E-state index >= 15 is 0 Å². The molecule has 0 spiro atoms. The van der Waals surface area contributed by atoms with Crippen molar-refractivity contribution in [3.05, 3.63) is 58.9 Å². The SMILES string of the molecule is O=C(COC(=O)/C=C/c1ccc2c(c1)OCCO2)Nc1cc(Cl)ccc1F. The number of rotatable bonds is 5. The average Bonchev–Trinajstić information content (AvgIpc) is 2.67. The molecule has 1 aliphatic rings. The number of ether oxygens (including phenoxy) is 3. The summed E-state index contributed by atoms with van der Waals surface area (Å²) in [5.41, 5.74) is 0.622. The molecule has 6 nitrogen and oxygen atoms in total. The summed E-state index contributed by atoms with van der Waals surface area (Å²) in [4.78, 5) is 23.5. The standard InChI is InChI=1S/C19H15ClFNO5/c20-13-3-4-14(21)15(10-13)22-18(23)11-27-19(24)6-2-12-1-5-16-17(9-12)26-8-7-25-16/h1-6,9-10H,7-8,11H2,(H,22,23)/b6-2+. The first-order valence-corrected chi connectivity index (χ1v) is 8.38. The van der Waals surface area contributed by atoms with Crippen LogP contribution in [0.5, 0.6) is 11.5 Å². The molecule has 27 heavy (non-hydrogen) atoms. The van der Waals surface area contributed by atoms with E-state index in [1.807, 2.05) is 0 Å². The van der Waals surface area contributed by atoms with Gasteiger partial charge in [0, 0.05) is 11.1 Å². The predicted molar refractivity (Wildman–Crippen MR) is 97.5 cm³/mol. The minimum absolute atomic E-state index is 0.0876. The van der Waals surface area contributed by atoms with Crippen molar-refractivity contribution in [3.8, 4) is 11.5 Å². The highest BCUT2D eigenvalue weighted by atomic mass is 35.5. The summed E-state index contributed by atoms with van der Waals surface area (Å²) >= 11 is 5.74. The fraction of sp³-hybridized carbons (Fsp3) is 0.158. The van der Waals surface area contributed by atoms with E-state index in [-0.39, 0.29) is 10.7 Å². The van der Waals surface area contributed by atoms with Crippen molar-refractivity contribution in [2.75, 3.05) is 25.1 Å². The Morgan fingerprint density at radius 3 is 2.74 bits per heavy atom. The van der Waals surface area contributed by atoms with E-state index in [4.69, 9.17) is 25.8 Å². The Morgan fingerprint density at radius 1 is 1.15 bits per heavy atom. The second-order valence-electron chi connectivity index (χ2n) is 5.52. The molecule has 0 aliphatic carbocycles. The van der Waals surface area contributed by atoms with Crippen molar-refractivity contribution in [3.63, 3.8) is 0 Å². The number of carbonyl (C=O) groups excluding carboxylic acids is 2. The van der Waals surface area contributed by atoms with Gasteiger partial charge in [-0.15, -0.1) is 0 Å². The third-order valence-electron chi connectivity index (χ3n) is 3.53. The Balaban J connectivity index is 1.51. The molecule has 3 rings (SSSR count). The fourth-order valence-electron chi connectivity index (χ4n) is 2.29. The minimum Gasteiger partial charge on any atom is -0.486 e. The Morgan fingerprint density at radius 2 is 1.93 bits per heavy atom. The molecular weight excluding hydrogens is 377 g/mol. The molecule has 0 aromatic heterocycles. The van der Waals surface area contributed by atoms with Crippen molar-refractivity contribution in [2.24, 2.45) is 0 Å². The average molecular weight is 392 g/mol. The second-order valence-corrected chi connectivity index (χ2v) is 5.95. The summed E-state index contributed by atoms with van der Waals surface area (Å²) in [5, 5.41) is 2.55. The summed E-state index contributed by atoms with van der Waals surface area (Å²) < 4.78 is 29.2. The number of nitrogens with one attached hydrogen (secondary N) is 1. The Labute approximate surface area is 159 Å². The predicted octanol–water partition coefficient (Wildman–Crippen LogP) is 3.45. The lowest BCUT2D eigenvalue weighted by Gasteiger charge is -2.18. The lowest BCUT2D eigenvalue weighted by Crippen LogP contribution is -2.20. The zero-order valence-electron chi connectivity index (χ0n) is 14.0. The van der Waals surface area contributed by atoms with Crippen LogP contribution >= 0.6 is 11.6 Å². The van der Waals surface area contributed by atoms with Gasteiger partial charge in [0.25, 0.3) is 5.91 Å². The van der Waals surface area contributed by atoms with Crippen LogP contribution < -0.4 is 14.8 Å². The minimum atomic E-state index is -0.716. The molecule has 8 heteroatoms. The molecule has 0 unspecified atom stereocenters. The van der Waals surface area contributed by atoms with Gasteiger partial charge in [0.1, 0.15) is 19.0 Å². The first-order valence-electron chi connectivity index (χ1n) is 8.00. The molecule has 140 valence electrons. The highest BCUT2D eigenvalue weighted by molar-refractivity contribution is 6.30. The van der Waals surface area contributed by atoms with Crippen molar-refractivity contribution >= 4 is 35.2 Å². The summed E-state index contributed by atoms with van der Waals surface area (Å²) in [6, 6.07) is 8.97. The molecule has 0 bridgehead atoms. The van der Waals surface area contributed by atoms with Crippen LogP contribution in [0.2, 0.25) is 5.02 Å². The van der Waals surface area contributed by atoms with Crippen molar-refractivity contribution < 1.29 is 28.2 Å². The molecule has 1 aliphatic heterocycles. The number of halogens is 2. The number of esters is 1. The Hall–Kier alpha value is -3.06. The lowest BCUT2D eigenvalue weighted by atomic mass is 10.2. The van der Waals surface area contributed by atoms with Crippen LogP contribution in [0.3, 0.4) is 0 Å².